The van der Waals surface area contributed by atoms with Crippen molar-refractivity contribution >= 4 is 39.9 Å². The van der Waals surface area contributed by atoms with E-state index < -0.39 is 5.97 Å². The molecule has 0 amide bonds. The first kappa shape index (κ1) is 10.5. The van der Waals surface area contributed by atoms with Crippen LogP contribution in [-0.2, 0) is 11.3 Å². The molecule has 0 saturated carbocycles. The molecule has 0 unspecified atom stereocenters. The lowest BCUT2D eigenvalue weighted by Gasteiger charge is -1.97. The Bertz CT molecular complexity index is 495. The molecule has 0 saturated heterocycles. The average molecular weight is 336 g/mol. The minimum atomic E-state index is -0.964. The summed E-state index contributed by atoms with van der Waals surface area (Å²) < 4.78 is 2.37. The number of tetrazole rings is 1. The molecule has 0 atom stereocenters. The second-order valence-electron chi connectivity index (χ2n) is 2.69. The zero-order chi connectivity index (χ0) is 10.8. The van der Waals surface area contributed by atoms with Gasteiger partial charge in [0.25, 0.3) is 0 Å². The zero-order valence-corrected chi connectivity index (χ0v) is 10.3. The van der Waals surface area contributed by atoms with Crippen LogP contribution in [0.3, 0.4) is 0 Å². The number of nitrogens with zero attached hydrogens (tertiary/aromatic N) is 4. The Morgan fingerprint density at radius 3 is 3.07 bits per heavy atom. The number of hydrogen-bond acceptors (Lipinski definition) is 5. The van der Waals surface area contributed by atoms with Crippen LogP contribution in [0.2, 0.25) is 0 Å². The Hall–Kier alpha value is -1.03. The molecule has 0 fully saturated rings. The lowest BCUT2D eigenvalue weighted by atomic mass is 10.3. The highest BCUT2D eigenvalue weighted by atomic mass is 127. The highest BCUT2D eigenvalue weighted by molar-refractivity contribution is 14.1. The van der Waals surface area contributed by atoms with Crippen LogP contribution in [0.25, 0.3) is 11.4 Å². The highest BCUT2D eigenvalue weighted by Crippen LogP contribution is 2.24. The normalized spacial score (nSPS) is 10.5. The first-order valence-corrected chi connectivity index (χ1v) is 5.85. The molecule has 0 bridgehead atoms. The molecular weight excluding hydrogens is 331 g/mol. The van der Waals surface area contributed by atoms with Gasteiger partial charge < -0.3 is 5.11 Å². The third-order valence-electron chi connectivity index (χ3n) is 1.64. The molecule has 0 aliphatic carbocycles. The Labute approximate surface area is 102 Å². The summed E-state index contributed by atoms with van der Waals surface area (Å²) in [5.74, 6) is -0.481. The molecule has 0 aliphatic rings. The fraction of sp³-hybridized carbons (Fsp3) is 0.143. The number of rotatable bonds is 3. The quantitative estimate of drug-likeness (QED) is 0.849. The van der Waals surface area contributed by atoms with Gasteiger partial charge in [-0.15, -0.1) is 16.4 Å². The maximum atomic E-state index is 10.5. The summed E-state index contributed by atoms with van der Waals surface area (Å²) in [4.78, 5) is 10.5. The number of aromatic nitrogens is 4. The van der Waals surface area contributed by atoms with Gasteiger partial charge in [0.15, 0.2) is 5.82 Å². The summed E-state index contributed by atoms with van der Waals surface area (Å²) in [6.45, 7) is -0.227. The van der Waals surface area contributed by atoms with E-state index in [1.54, 1.807) is 11.3 Å². The number of thiophene rings is 1. The van der Waals surface area contributed by atoms with Crippen molar-refractivity contribution in [1.82, 2.24) is 20.2 Å². The van der Waals surface area contributed by atoms with Gasteiger partial charge in [-0.25, -0.2) is 4.68 Å². The summed E-state index contributed by atoms with van der Waals surface area (Å²) in [5, 5.41) is 21.4. The van der Waals surface area contributed by atoms with Gasteiger partial charge in [0, 0.05) is 10.9 Å². The van der Waals surface area contributed by atoms with Crippen LogP contribution in [0.1, 0.15) is 0 Å². The maximum Gasteiger partial charge on any atom is 0.325 e. The Kier molecular flexibility index (Phi) is 2.95. The SMILES string of the molecule is O=C(O)Cn1nnnc1-c1csc(I)c1. The van der Waals surface area contributed by atoms with Crippen LogP contribution < -0.4 is 0 Å². The summed E-state index contributed by atoms with van der Waals surface area (Å²) in [6.07, 6.45) is 0. The summed E-state index contributed by atoms with van der Waals surface area (Å²) in [6, 6.07) is 1.91. The molecule has 2 heterocycles. The van der Waals surface area contributed by atoms with Crippen molar-refractivity contribution in [3.8, 4) is 11.4 Å². The summed E-state index contributed by atoms with van der Waals surface area (Å²) in [7, 11) is 0. The lowest BCUT2D eigenvalue weighted by molar-refractivity contribution is -0.137. The van der Waals surface area contributed by atoms with Gasteiger partial charge >= 0.3 is 5.97 Å². The number of hydrogen-bond donors (Lipinski definition) is 1. The minimum absolute atomic E-state index is 0.227. The van der Waals surface area contributed by atoms with Gasteiger partial charge in [-0.3, -0.25) is 4.79 Å². The molecule has 0 radical (unpaired) electrons. The van der Waals surface area contributed by atoms with Crippen molar-refractivity contribution in [2.45, 2.75) is 6.54 Å². The molecule has 15 heavy (non-hydrogen) atoms. The molecular formula is C7H5IN4O2S. The first-order valence-electron chi connectivity index (χ1n) is 3.89. The molecule has 6 nitrogen and oxygen atoms in total. The van der Waals surface area contributed by atoms with Gasteiger partial charge in [0.05, 0.1) is 2.88 Å². The molecule has 8 heteroatoms. The average Bonchev–Trinajstić information content (AvgIpc) is 2.72. The Balaban J connectivity index is 2.36. The molecule has 2 aromatic rings. The smallest absolute Gasteiger partial charge is 0.325 e. The third-order valence-corrected chi connectivity index (χ3v) is 3.43. The van der Waals surface area contributed by atoms with Crippen molar-refractivity contribution < 1.29 is 9.90 Å². The van der Waals surface area contributed by atoms with Crippen molar-refractivity contribution in [1.29, 1.82) is 0 Å². The predicted octanol–water partition coefficient (Wildman–Crippen LogP) is 1.09. The van der Waals surface area contributed by atoms with Gasteiger partial charge in [-0.1, -0.05) is 0 Å². The van der Waals surface area contributed by atoms with Crippen molar-refractivity contribution in [3.05, 3.63) is 14.3 Å². The summed E-state index contributed by atoms with van der Waals surface area (Å²) >= 11 is 3.75. The zero-order valence-electron chi connectivity index (χ0n) is 7.29. The van der Waals surface area contributed by atoms with Crippen LogP contribution in [0, 0.1) is 2.88 Å². The van der Waals surface area contributed by atoms with E-state index >= 15 is 0 Å². The monoisotopic (exact) mass is 336 g/mol. The largest absolute Gasteiger partial charge is 0.480 e. The van der Waals surface area contributed by atoms with E-state index in [1.165, 1.54) is 4.68 Å². The van der Waals surface area contributed by atoms with Gasteiger partial charge in [-0.05, 0) is 39.1 Å². The molecule has 2 aromatic heterocycles. The maximum absolute atomic E-state index is 10.5. The van der Waals surface area contributed by atoms with Crippen LogP contribution in [-0.4, -0.2) is 31.3 Å². The van der Waals surface area contributed by atoms with Gasteiger partial charge in [-0.2, -0.15) is 0 Å². The van der Waals surface area contributed by atoms with E-state index in [2.05, 4.69) is 38.1 Å². The van der Waals surface area contributed by atoms with E-state index in [4.69, 9.17) is 5.11 Å². The van der Waals surface area contributed by atoms with Crippen LogP contribution in [0.4, 0.5) is 0 Å². The van der Waals surface area contributed by atoms with E-state index in [0.29, 0.717) is 5.82 Å². The Morgan fingerprint density at radius 1 is 1.67 bits per heavy atom. The Morgan fingerprint density at radius 2 is 2.47 bits per heavy atom. The number of carboxylic acid groups (broad SMARTS) is 1. The second-order valence-corrected chi connectivity index (χ2v) is 5.50. The van der Waals surface area contributed by atoms with Crippen molar-refractivity contribution in [3.63, 3.8) is 0 Å². The fourth-order valence-electron chi connectivity index (χ4n) is 1.07. The summed E-state index contributed by atoms with van der Waals surface area (Å²) in [5.41, 5.74) is 0.843. The second kappa shape index (κ2) is 4.23. The first-order chi connectivity index (χ1) is 7.16. The minimum Gasteiger partial charge on any atom is -0.480 e. The van der Waals surface area contributed by atoms with E-state index in [9.17, 15) is 4.79 Å². The number of aliphatic carboxylic acids is 1. The number of halogens is 1. The third kappa shape index (κ3) is 2.31. The molecule has 0 aromatic carbocycles. The molecule has 78 valence electrons. The van der Waals surface area contributed by atoms with Crippen LogP contribution >= 0.6 is 33.9 Å². The van der Waals surface area contributed by atoms with Crippen LogP contribution in [0.15, 0.2) is 11.4 Å². The van der Waals surface area contributed by atoms with Crippen LogP contribution in [0.5, 0.6) is 0 Å². The molecule has 0 aliphatic heterocycles. The molecule has 2 rings (SSSR count). The number of carbonyl (C=O) groups is 1. The standard InChI is InChI=1S/C7H5IN4O2S/c8-5-1-4(3-15-5)7-9-10-11-12(7)2-6(13)14/h1,3H,2H2,(H,13,14). The predicted molar refractivity (Wildman–Crippen MR) is 61.5 cm³/mol. The van der Waals surface area contributed by atoms with E-state index in [-0.39, 0.29) is 6.54 Å². The molecule has 1 N–H and O–H groups in total. The lowest BCUT2D eigenvalue weighted by Crippen LogP contribution is -2.11. The van der Waals surface area contributed by atoms with Gasteiger partial charge in [0.2, 0.25) is 0 Å². The highest BCUT2D eigenvalue weighted by Gasteiger charge is 2.12. The van der Waals surface area contributed by atoms with Crippen molar-refractivity contribution in [2.75, 3.05) is 0 Å². The van der Waals surface area contributed by atoms with E-state index in [0.717, 1.165) is 8.45 Å². The number of carboxylic acids is 1. The van der Waals surface area contributed by atoms with Gasteiger partial charge in [0.1, 0.15) is 6.54 Å². The van der Waals surface area contributed by atoms with E-state index in [1.807, 2.05) is 11.4 Å². The molecule has 0 spiro atoms. The van der Waals surface area contributed by atoms with Crippen molar-refractivity contribution in [2.24, 2.45) is 0 Å². The topological polar surface area (TPSA) is 80.9 Å². The fourth-order valence-corrected chi connectivity index (χ4v) is 2.40.